The van der Waals surface area contributed by atoms with Gasteiger partial charge in [0.25, 0.3) is 0 Å². The summed E-state index contributed by atoms with van der Waals surface area (Å²) in [5.41, 5.74) is 1.34. The topological polar surface area (TPSA) is 18.5 Å². The van der Waals surface area contributed by atoms with E-state index < -0.39 is 0 Å². The van der Waals surface area contributed by atoms with Gasteiger partial charge in [0, 0.05) is 18.2 Å². The molecule has 1 fully saturated rings. The Bertz CT molecular complexity index is 304. The lowest BCUT2D eigenvalue weighted by Gasteiger charge is -2.23. The van der Waals surface area contributed by atoms with Crippen LogP contribution in [-0.2, 0) is 11.2 Å². The highest BCUT2D eigenvalue weighted by molar-refractivity contribution is 9.09. The lowest BCUT2D eigenvalue weighted by Crippen LogP contribution is -2.25. The predicted molar refractivity (Wildman–Crippen MR) is 68.4 cm³/mol. The number of halogens is 1. The summed E-state index contributed by atoms with van der Waals surface area (Å²) in [5.74, 6) is 0.977. The Kier molecular flexibility index (Phi) is 4.67. The SMILES string of the molecule is BrCCc1ccc(OC2CCOCC2)cc1. The fourth-order valence-corrected chi connectivity index (χ4v) is 2.29. The smallest absolute Gasteiger partial charge is 0.119 e. The molecule has 1 aliphatic rings. The van der Waals surface area contributed by atoms with Crippen molar-refractivity contribution in [3.05, 3.63) is 29.8 Å². The molecular formula is C13H17BrO2. The number of hydrogen-bond acceptors (Lipinski definition) is 2. The van der Waals surface area contributed by atoms with Crippen molar-refractivity contribution in [3.8, 4) is 5.75 Å². The Hall–Kier alpha value is -0.540. The van der Waals surface area contributed by atoms with Crippen molar-refractivity contribution in [2.75, 3.05) is 18.5 Å². The summed E-state index contributed by atoms with van der Waals surface area (Å²) in [4.78, 5) is 0. The summed E-state index contributed by atoms with van der Waals surface area (Å²) >= 11 is 3.44. The molecule has 16 heavy (non-hydrogen) atoms. The van der Waals surface area contributed by atoms with E-state index in [0.717, 1.165) is 43.6 Å². The molecule has 1 aromatic carbocycles. The summed E-state index contributed by atoms with van der Waals surface area (Å²) in [6.07, 6.45) is 3.40. The minimum absolute atomic E-state index is 0.329. The fourth-order valence-electron chi connectivity index (χ4n) is 1.83. The molecule has 1 aliphatic heterocycles. The normalized spacial score (nSPS) is 17.3. The molecule has 0 spiro atoms. The molecule has 3 heteroatoms. The molecule has 1 heterocycles. The van der Waals surface area contributed by atoms with Gasteiger partial charge in [0.1, 0.15) is 11.9 Å². The standard InChI is InChI=1S/C13H17BrO2/c14-8-5-11-1-3-12(4-2-11)16-13-6-9-15-10-7-13/h1-4,13H,5-10H2. The zero-order valence-corrected chi connectivity index (χ0v) is 10.9. The molecular weight excluding hydrogens is 268 g/mol. The highest BCUT2D eigenvalue weighted by atomic mass is 79.9. The van der Waals surface area contributed by atoms with E-state index in [1.165, 1.54) is 5.56 Å². The Morgan fingerprint density at radius 1 is 1.19 bits per heavy atom. The van der Waals surface area contributed by atoms with Gasteiger partial charge in [-0.1, -0.05) is 28.1 Å². The van der Waals surface area contributed by atoms with Gasteiger partial charge >= 0.3 is 0 Å². The monoisotopic (exact) mass is 284 g/mol. The maximum atomic E-state index is 5.90. The molecule has 2 nitrogen and oxygen atoms in total. The third-order valence-electron chi connectivity index (χ3n) is 2.78. The van der Waals surface area contributed by atoms with E-state index in [-0.39, 0.29) is 0 Å². The van der Waals surface area contributed by atoms with Gasteiger partial charge in [-0.05, 0) is 24.1 Å². The summed E-state index contributed by atoms with van der Waals surface area (Å²) in [5, 5.41) is 1.01. The Morgan fingerprint density at radius 3 is 2.50 bits per heavy atom. The zero-order chi connectivity index (χ0) is 11.2. The molecule has 0 atom stereocenters. The largest absolute Gasteiger partial charge is 0.490 e. The van der Waals surface area contributed by atoms with E-state index in [0.29, 0.717) is 6.10 Å². The van der Waals surface area contributed by atoms with Crippen LogP contribution >= 0.6 is 15.9 Å². The number of alkyl halides is 1. The van der Waals surface area contributed by atoms with Crippen molar-refractivity contribution < 1.29 is 9.47 Å². The van der Waals surface area contributed by atoms with Crippen LogP contribution in [0.3, 0.4) is 0 Å². The lowest BCUT2D eigenvalue weighted by atomic mass is 10.1. The number of benzene rings is 1. The summed E-state index contributed by atoms with van der Waals surface area (Å²) in [6, 6.07) is 8.40. The molecule has 1 aromatic rings. The molecule has 88 valence electrons. The van der Waals surface area contributed by atoms with Crippen LogP contribution in [0.4, 0.5) is 0 Å². The minimum atomic E-state index is 0.329. The quantitative estimate of drug-likeness (QED) is 0.791. The van der Waals surface area contributed by atoms with Crippen LogP contribution in [0, 0.1) is 0 Å². The second kappa shape index (κ2) is 6.26. The van der Waals surface area contributed by atoms with Crippen molar-refractivity contribution in [2.24, 2.45) is 0 Å². The highest BCUT2D eigenvalue weighted by Gasteiger charge is 2.14. The van der Waals surface area contributed by atoms with E-state index >= 15 is 0 Å². The Balaban J connectivity index is 1.88. The van der Waals surface area contributed by atoms with E-state index in [1.807, 2.05) is 0 Å². The molecule has 0 radical (unpaired) electrons. The van der Waals surface area contributed by atoms with E-state index in [2.05, 4.69) is 40.2 Å². The van der Waals surface area contributed by atoms with E-state index in [9.17, 15) is 0 Å². The minimum Gasteiger partial charge on any atom is -0.490 e. The molecule has 0 aliphatic carbocycles. The summed E-state index contributed by atoms with van der Waals surface area (Å²) in [7, 11) is 0. The van der Waals surface area contributed by atoms with Crippen LogP contribution in [-0.4, -0.2) is 24.6 Å². The number of rotatable bonds is 4. The van der Waals surface area contributed by atoms with Gasteiger partial charge in [0.2, 0.25) is 0 Å². The first-order chi connectivity index (χ1) is 7.88. The van der Waals surface area contributed by atoms with E-state index in [4.69, 9.17) is 9.47 Å². The highest BCUT2D eigenvalue weighted by Crippen LogP contribution is 2.18. The molecule has 0 unspecified atom stereocenters. The van der Waals surface area contributed by atoms with Crippen LogP contribution in [0.5, 0.6) is 5.75 Å². The first kappa shape index (κ1) is 11.9. The molecule has 0 bridgehead atoms. The molecule has 0 saturated carbocycles. The van der Waals surface area contributed by atoms with E-state index in [1.54, 1.807) is 0 Å². The van der Waals surface area contributed by atoms with Crippen molar-refractivity contribution in [1.29, 1.82) is 0 Å². The van der Waals surface area contributed by atoms with Gasteiger partial charge in [-0.25, -0.2) is 0 Å². The molecule has 0 amide bonds. The van der Waals surface area contributed by atoms with Crippen molar-refractivity contribution in [3.63, 3.8) is 0 Å². The number of aryl methyl sites for hydroxylation is 1. The summed E-state index contributed by atoms with van der Waals surface area (Å²) < 4.78 is 11.2. The van der Waals surface area contributed by atoms with Crippen LogP contribution in [0.15, 0.2) is 24.3 Å². The Labute approximate surface area is 105 Å². The fraction of sp³-hybridized carbons (Fsp3) is 0.538. The predicted octanol–water partition coefficient (Wildman–Crippen LogP) is 3.18. The second-order valence-electron chi connectivity index (χ2n) is 4.01. The second-order valence-corrected chi connectivity index (χ2v) is 4.81. The van der Waals surface area contributed by atoms with Crippen LogP contribution in [0.25, 0.3) is 0 Å². The number of ether oxygens (including phenoxy) is 2. The van der Waals surface area contributed by atoms with Crippen LogP contribution in [0.2, 0.25) is 0 Å². The molecule has 2 rings (SSSR count). The zero-order valence-electron chi connectivity index (χ0n) is 9.32. The first-order valence-corrected chi connectivity index (χ1v) is 6.90. The molecule has 1 saturated heterocycles. The van der Waals surface area contributed by atoms with Gasteiger partial charge in [-0.15, -0.1) is 0 Å². The molecule has 0 N–H and O–H groups in total. The third-order valence-corrected chi connectivity index (χ3v) is 3.17. The van der Waals surface area contributed by atoms with Crippen molar-refractivity contribution in [1.82, 2.24) is 0 Å². The average Bonchev–Trinajstić information content (AvgIpc) is 2.33. The van der Waals surface area contributed by atoms with Gasteiger partial charge in [-0.2, -0.15) is 0 Å². The van der Waals surface area contributed by atoms with Crippen LogP contribution < -0.4 is 4.74 Å². The maximum Gasteiger partial charge on any atom is 0.119 e. The average molecular weight is 285 g/mol. The van der Waals surface area contributed by atoms with Crippen LogP contribution in [0.1, 0.15) is 18.4 Å². The van der Waals surface area contributed by atoms with Gasteiger partial charge in [0.15, 0.2) is 0 Å². The summed E-state index contributed by atoms with van der Waals surface area (Å²) in [6.45, 7) is 1.65. The first-order valence-electron chi connectivity index (χ1n) is 5.78. The lowest BCUT2D eigenvalue weighted by molar-refractivity contribution is 0.0255. The van der Waals surface area contributed by atoms with Crippen molar-refractivity contribution in [2.45, 2.75) is 25.4 Å². The Morgan fingerprint density at radius 2 is 1.88 bits per heavy atom. The van der Waals surface area contributed by atoms with Crippen molar-refractivity contribution >= 4 is 15.9 Å². The van der Waals surface area contributed by atoms with Gasteiger partial charge < -0.3 is 9.47 Å². The third kappa shape index (κ3) is 3.49. The van der Waals surface area contributed by atoms with Gasteiger partial charge in [0.05, 0.1) is 13.2 Å². The maximum absolute atomic E-state index is 5.90. The molecule has 0 aromatic heterocycles. The number of hydrogen-bond donors (Lipinski definition) is 0. The van der Waals surface area contributed by atoms with Gasteiger partial charge in [-0.3, -0.25) is 0 Å².